The summed E-state index contributed by atoms with van der Waals surface area (Å²) in [6.07, 6.45) is 0. The molecule has 0 aliphatic carbocycles. The van der Waals surface area contributed by atoms with E-state index in [1.165, 1.54) is 11.3 Å². The lowest BCUT2D eigenvalue weighted by molar-refractivity contribution is 0.0991. The van der Waals surface area contributed by atoms with E-state index in [2.05, 4.69) is 20.9 Å². The van der Waals surface area contributed by atoms with E-state index in [0.717, 1.165) is 32.1 Å². The van der Waals surface area contributed by atoms with Gasteiger partial charge in [0.15, 0.2) is 11.6 Å². The lowest BCUT2D eigenvalue weighted by atomic mass is 10.1. The van der Waals surface area contributed by atoms with E-state index in [9.17, 15) is 13.6 Å². The van der Waals surface area contributed by atoms with Crippen LogP contribution in [0.15, 0.2) is 40.2 Å². The number of aryl methyl sites for hydroxylation is 1. The molecule has 0 saturated heterocycles. The predicted molar refractivity (Wildman–Crippen MR) is 99.2 cm³/mol. The molecule has 3 aromatic rings. The highest BCUT2D eigenvalue weighted by molar-refractivity contribution is 9.11. The second kappa shape index (κ2) is 7.51. The molecule has 0 radical (unpaired) electrons. The van der Waals surface area contributed by atoms with E-state index in [-0.39, 0.29) is 12.4 Å². The molecule has 1 heterocycles. The average molecular weight is 439 g/mol. The van der Waals surface area contributed by atoms with Gasteiger partial charge in [0.1, 0.15) is 28.7 Å². The Bertz CT molecular complexity index is 974. The van der Waals surface area contributed by atoms with Crippen LogP contribution in [0.4, 0.5) is 8.78 Å². The normalized spacial score (nSPS) is 10.8. The number of ether oxygens (including phenoxy) is 1. The number of nitrogens with two attached hydrogens (primary N) is 1. The van der Waals surface area contributed by atoms with Crippen molar-refractivity contribution in [3.05, 3.63) is 68.6 Å². The molecule has 0 fully saturated rings. The van der Waals surface area contributed by atoms with Crippen molar-refractivity contribution in [1.29, 1.82) is 0 Å². The van der Waals surface area contributed by atoms with Crippen molar-refractivity contribution in [1.82, 2.24) is 4.98 Å². The maximum Gasteiger partial charge on any atom is 0.254 e. The molecule has 0 aliphatic heterocycles. The number of hydrogen-bond acceptors (Lipinski definition) is 4. The van der Waals surface area contributed by atoms with Crippen molar-refractivity contribution in [2.75, 3.05) is 0 Å². The maximum absolute atomic E-state index is 14.2. The van der Waals surface area contributed by atoms with Crippen LogP contribution in [0.25, 0.3) is 10.6 Å². The molecule has 0 atom stereocenters. The average Bonchev–Trinajstić information content (AvgIpc) is 2.95. The summed E-state index contributed by atoms with van der Waals surface area (Å²) in [5.41, 5.74) is 6.85. The molecule has 0 aliphatic rings. The molecule has 134 valence electrons. The molecule has 0 unspecified atom stereocenters. The van der Waals surface area contributed by atoms with Crippen molar-refractivity contribution in [3.63, 3.8) is 0 Å². The van der Waals surface area contributed by atoms with Gasteiger partial charge in [-0.15, -0.1) is 11.3 Å². The van der Waals surface area contributed by atoms with Gasteiger partial charge in [-0.2, -0.15) is 0 Å². The second-order valence-corrected chi connectivity index (χ2v) is 7.81. The van der Waals surface area contributed by atoms with Crippen molar-refractivity contribution >= 4 is 33.2 Å². The first-order valence-electron chi connectivity index (χ1n) is 7.49. The van der Waals surface area contributed by atoms with Crippen LogP contribution in [0.1, 0.15) is 21.6 Å². The summed E-state index contributed by atoms with van der Waals surface area (Å²) < 4.78 is 33.8. The minimum Gasteiger partial charge on any atom is -0.484 e. The van der Waals surface area contributed by atoms with E-state index < -0.39 is 23.1 Å². The fourth-order valence-electron chi connectivity index (χ4n) is 2.26. The van der Waals surface area contributed by atoms with Gasteiger partial charge in [-0.3, -0.25) is 4.79 Å². The maximum atomic E-state index is 14.2. The Morgan fingerprint density at radius 2 is 1.92 bits per heavy atom. The molecule has 1 amide bonds. The number of nitrogens with zero attached hydrogens (tertiary/aromatic N) is 1. The van der Waals surface area contributed by atoms with Gasteiger partial charge in [0.25, 0.3) is 5.91 Å². The standard InChI is InChI=1S/C18H13BrF2N2O2S/c1-9-2-4-10(5-3-9)18-23-12(16(19)26-18)8-25-13-7-6-11(20)14(15(13)21)17(22)24/h2-7H,8H2,1H3,(H2,22,24). The number of carbonyl (C=O) groups is 1. The van der Waals surface area contributed by atoms with Crippen LogP contribution in [0, 0.1) is 18.6 Å². The monoisotopic (exact) mass is 438 g/mol. The van der Waals surface area contributed by atoms with Crippen LogP contribution >= 0.6 is 27.3 Å². The van der Waals surface area contributed by atoms with Crippen molar-refractivity contribution in [2.45, 2.75) is 13.5 Å². The van der Waals surface area contributed by atoms with E-state index in [4.69, 9.17) is 10.5 Å². The van der Waals surface area contributed by atoms with Crippen LogP contribution in [0.3, 0.4) is 0 Å². The second-order valence-electron chi connectivity index (χ2n) is 5.49. The summed E-state index contributed by atoms with van der Waals surface area (Å²) in [7, 11) is 0. The topological polar surface area (TPSA) is 65.2 Å². The van der Waals surface area contributed by atoms with Crippen molar-refractivity contribution in [2.24, 2.45) is 5.73 Å². The zero-order valence-electron chi connectivity index (χ0n) is 13.6. The summed E-state index contributed by atoms with van der Waals surface area (Å²) in [5.74, 6) is -3.61. The van der Waals surface area contributed by atoms with Gasteiger partial charge >= 0.3 is 0 Å². The Kier molecular flexibility index (Phi) is 5.33. The lowest BCUT2D eigenvalue weighted by Crippen LogP contribution is -2.16. The molecule has 4 nitrogen and oxygen atoms in total. The lowest BCUT2D eigenvalue weighted by Gasteiger charge is -2.08. The highest BCUT2D eigenvalue weighted by Gasteiger charge is 2.20. The number of benzene rings is 2. The largest absolute Gasteiger partial charge is 0.484 e. The van der Waals surface area contributed by atoms with Gasteiger partial charge in [0.2, 0.25) is 0 Å². The Balaban J connectivity index is 1.82. The number of rotatable bonds is 5. The Morgan fingerprint density at radius 3 is 2.58 bits per heavy atom. The van der Waals surface area contributed by atoms with Crippen LogP contribution in [-0.4, -0.2) is 10.9 Å². The van der Waals surface area contributed by atoms with E-state index >= 15 is 0 Å². The van der Waals surface area contributed by atoms with Crippen LogP contribution < -0.4 is 10.5 Å². The fourth-order valence-corrected chi connectivity index (χ4v) is 3.72. The molecule has 2 aromatic carbocycles. The summed E-state index contributed by atoms with van der Waals surface area (Å²) in [6.45, 7) is 1.95. The van der Waals surface area contributed by atoms with E-state index in [1.807, 2.05) is 31.2 Å². The molecule has 3 rings (SSSR count). The molecular weight excluding hydrogens is 426 g/mol. The number of hydrogen-bond donors (Lipinski definition) is 1. The third-order valence-electron chi connectivity index (χ3n) is 3.61. The summed E-state index contributed by atoms with van der Waals surface area (Å²) in [6, 6.07) is 9.94. The SMILES string of the molecule is Cc1ccc(-c2nc(COc3ccc(F)c(C(N)=O)c3F)c(Br)s2)cc1. The van der Waals surface area contributed by atoms with Crippen LogP contribution in [-0.2, 0) is 6.61 Å². The third-order valence-corrected chi connectivity index (χ3v) is 5.49. The highest BCUT2D eigenvalue weighted by Crippen LogP contribution is 2.33. The fraction of sp³-hybridized carbons (Fsp3) is 0.111. The zero-order chi connectivity index (χ0) is 18.8. The summed E-state index contributed by atoms with van der Waals surface area (Å²) >= 11 is 4.84. The molecular formula is C18H13BrF2N2O2S. The number of thiazole rings is 1. The van der Waals surface area contributed by atoms with Gasteiger partial charge in [-0.05, 0) is 35.0 Å². The minimum atomic E-state index is -1.19. The van der Waals surface area contributed by atoms with Crippen LogP contribution in [0.5, 0.6) is 5.75 Å². The molecule has 0 saturated carbocycles. The Hall–Kier alpha value is -2.32. The number of halogens is 3. The Labute approximate surface area is 160 Å². The van der Waals surface area contributed by atoms with Gasteiger partial charge in [0, 0.05) is 5.56 Å². The molecule has 8 heteroatoms. The van der Waals surface area contributed by atoms with Gasteiger partial charge in [-0.25, -0.2) is 13.8 Å². The van der Waals surface area contributed by atoms with Crippen molar-refractivity contribution < 1.29 is 18.3 Å². The minimum absolute atomic E-state index is 0.0519. The van der Waals surface area contributed by atoms with Gasteiger partial charge in [0.05, 0.1) is 3.79 Å². The first kappa shape index (κ1) is 18.5. The number of carbonyl (C=O) groups excluding carboxylic acids is 1. The molecule has 1 aromatic heterocycles. The molecule has 2 N–H and O–H groups in total. The van der Waals surface area contributed by atoms with Crippen molar-refractivity contribution in [3.8, 4) is 16.3 Å². The number of primary amides is 1. The van der Waals surface area contributed by atoms with E-state index in [0.29, 0.717) is 5.69 Å². The quantitative estimate of drug-likeness (QED) is 0.619. The smallest absolute Gasteiger partial charge is 0.254 e. The van der Waals surface area contributed by atoms with Gasteiger partial charge < -0.3 is 10.5 Å². The zero-order valence-corrected chi connectivity index (χ0v) is 16.0. The third kappa shape index (κ3) is 3.76. The number of aromatic nitrogens is 1. The summed E-state index contributed by atoms with van der Waals surface area (Å²) in [4.78, 5) is 15.7. The molecule has 26 heavy (non-hydrogen) atoms. The predicted octanol–water partition coefficient (Wildman–Crippen LogP) is 4.84. The molecule has 0 spiro atoms. The first-order valence-corrected chi connectivity index (χ1v) is 9.10. The number of amides is 1. The van der Waals surface area contributed by atoms with Crippen LogP contribution in [0.2, 0.25) is 0 Å². The van der Waals surface area contributed by atoms with E-state index in [1.54, 1.807) is 0 Å². The summed E-state index contributed by atoms with van der Waals surface area (Å²) in [5, 5.41) is 0.785. The first-order chi connectivity index (χ1) is 12.4. The Morgan fingerprint density at radius 1 is 1.23 bits per heavy atom. The van der Waals surface area contributed by atoms with Gasteiger partial charge in [-0.1, -0.05) is 29.8 Å². The highest BCUT2D eigenvalue weighted by atomic mass is 79.9. The molecule has 0 bridgehead atoms.